The van der Waals surface area contributed by atoms with Crippen LogP contribution in [0.2, 0.25) is 0 Å². The van der Waals surface area contributed by atoms with E-state index in [1.54, 1.807) is 6.92 Å². The lowest BCUT2D eigenvalue weighted by Crippen LogP contribution is -2.45. The number of rotatable bonds is 6. The van der Waals surface area contributed by atoms with Crippen molar-refractivity contribution in [3.63, 3.8) is 0 Å². The van der Waals surface area contributed by atoms with Gasteiger partial charge in [-0.15, -0.1) is 0 Å². The molecule has 158 valence electrons. The molecule has 0 amide bonds. The largest absolute Gasteiger partial charge is 0.387 e. The normalized spacial score (nSPS) is 20.0. The molecule has 0 saturated carbocycles. The quantitative estimate of drug-likeness (QED) is 0.635. The third-order valence-electron chi connectivity index (χ3n) is 5.59. The van der Waals surface area contributed by atoms with Crippen LogP contribution in [-0.2, 0) is 22.9 Å². The summed E-state index contributed by atoms with van der Waals surface area (Å²) in [4.78, 5) is 0. The van der Waals surface area contributed by atoms with Crippen LogP contribution in [0, 0.1) is 0 Å². The number of nitrogens with one attached hydrogen (secondary N) is 1. The fourth-order valence-electron chi connectivity index (χ4n) is 4.19. The van der Waals surface area contributed by atoms with Crippen molar-refractivity contribution in [3.05, 3.63) is 77.6 Å². The standard InChI is InChI=1S/C23H27N3O3S/c1-16(27)22-15-20-11-12-21(25-30(2,28)29)23(26(20)24-22)14-17-7-6-10-19(13-17)18-8-4-3-5-9-18/h3-10,13,15-16,21,23,25,27H,11-12,14H2,1-2H3/t16?,21-,23-/m0/s1. The van der Waals surface area contributed by atoms with Crippen molar-refractivity contribution in [3.8, 4) is 11.1 Å². The van der Waals surface area contributed by atoms with Crippen molar-refractivity contribution in [1.29, 1.82) is 0 Å². The SMILES string of the molecule is CC(O)c1cc2n(n1)[C@@H](Cc1cccc(-c3ccccc3)c1)[C@@H](NS(C)(=O)=O)CC2. The molecule has 3 atom stereocenters. The van der Waals surface area contributed by atoms with Gasteiger partial charge in [0.25, 0.3) is 0 Å². The second-order valence-electron chi connectivity index (χ2n) is 8.05. The lowest BCUT2D eigenvalue weighted by Gasteiger charge is -2.33. The number of aliphatic hydroxyl groups is 1. The summed E-state index contributed by atoms with van der Waals surface area (Å²) in [6.07, 6.45) is 2.59. The molecule has 0 radical (unpaired) electrons. The van der Waals surface area contributed by atoms with Crippen LogP contribution in [0.4, 0.5) is 0 Å². The Morgan fingerprint density at radius 3 is 2.57 bits per heavy atom. The van der Waals surface area contributed by atoms with E-state index in [0.717, 1.165) is 22.4 Å². The molecule has 7 heteroatoms. The van der Waals surface area contributed by atoms with Crippen LogP contribution in [0.3, 0.4) is 0 Å². The van der Waals surface area contributed by atoms with E-state index in [1.165, 1.54) is 6.26 Å². The minimum absolute atomic E-state index is 0.165. The van der Waals surface area contributed by atoms with E-state index in [4.69, 9.17) is 0 Å². The molecular formula is C23H27N3O3S. The summed E-state index contributed by atoms with van der Waals surface area (Å²) in [5.41, 5.74) is 5.03. The van der Waals surface area contributed by atoms with Crippen molar-refractivity contribution in [1.82, 2.24) is 14.5 Å². The highest BCUT2D eigenvalue weighted by atomic mass is 32.2. The van der Waals surface area contributed by atoms with Crippen LogP contribution < -0.4 is 4.72 Å². The van der Waals surface area contributed by atoms with Gasteiger partial charge in [0.1, 0.15) is 0 Å². The lowest BCUT2D eigenvalue weighted by atomic mass is 9.91. The Labute approximate surface area is 177 Å². The van der Waals surface area contributed by atoms with Gasteiger partial charge in [0.15, 0.2) is 0 Å². The molecule has 30 heavy (non-hydrogen) atoms. The van der Waals surface area contributed by atoms with E-state index in [0.29, 0.717) is 25.0 Å². The fraction of sp³-hybridized carbons (Fsp3) is 0.348. The molecule has 0 aliphatic carbocycles. The van der Waals surface area contributed by atoms with Gasteiger partial charge in [-0.05, 0) is 48.9 Å². The third kappa shape index (κ3) is 4.64. The van der Waals surface area contributed by atoms with Gasteiger partial charge in [0, 0.05) is 11.7 Å². The molecule has 0 spiro atoms. The number of fused-ring (bicyclic) bond motifs is 1. The molecule has 1 aliphatic rings. The molecule has 0 bridgehead atoms. The molecule has 1 aliphatic heterocycles. The van der Waals surface area contributed by atoms with E-state index < -0.39 is 16.1 Å². The van der Waals surface area contributed by atoms with E-state index in [1.807, 2.05) is 35.0 Å². The van der Waals surface area contributed by atoms with Crippen molar-refractivity contribution in [2.24, 2.45) is 0 Å². The first-order valence-electron chi connectivity index (χ1n) is 10.2. The van der Waals surface area contributed by atoms with Crippen LogP contribution in [0.5, 0.6) is 0 Å². The molecule has 1 unspecified atom stereocenters. The number of benzene rings is 2. The van der Waals surface area contributed by atoms with Gasteiger partial charge in [-0.25, -0.2) is 13.1 Å². The molecule has 0 fully saturated rings. The van der Waals surface area contributed by atoms with Crippen molar-refractivity contribution < 1.29 is 13.5 Å². The number of hydrogen-bond acceptors (Lipinski definition) is 4. The summed E-state index contributed by atoms with van der Waals surface area (Å²) in [5.74, 6) is 0. The predicted octanol–water partition coefficient (Wildman–Crippen LogP) is 3.25. The smallest absolute Gasteiger partial charge is 0.209 e. The molecule has 3 aromatic rings. The minimum Gasteiger partial charge on any atom is -0.387 e. The molecule has 6 nitrogen and oxygen atoms in total. The monoisotopic (exact) mass is 425 g/mol. The Hall–Kier alpha value is -2.48. The number of aliphatic hydroxyl groups excluding tert-OH is 1. The van der Waals surface area contributed by atoms with Gasteiger partial charge in [0.05, 0.1) is 24.1 Å². The maximum Gasteiger partial charge on any atom is 0.209 e. The van der Waals surface area contributed by atoms with Crippen LogP contribution in [0.25, 0.3) is 11.1 Å². The van der Waals surface area contributed by atoms with Gasteiger partial charge in [-0.2, -0.15) is 5.10 Å². The average Bonchev–Trinajstić information content (AvgIpc) is 3.15. The summed E-state index contributed by atoms with van der Waals surface area (Å²) in [6, 6.07) is 20.0. The van der Waals surface area contributed by atoms with Crippen molar-refractivity contribution >= 4 is 10.0 Å². The minimum atomic E-state index is -3.35. The highest BCUT2D eigenvalue weighted by Crippen LogP contribution is 2.31. The lowest BCUT2D eigenvalue weighted by molar-refractivity contribution is 0.191. The van der Waals surface area contributed by atoms with E-state index in [-0.39, 0.29) is 12.1 Å². The van der Waals surface area contributed by atoms with Gasteiger partial charge in [-0.1, -0.05) is 54.6 Å². The van der Waals surface area contributed by atoms with Crippen molar-refractivity contribution in [2.75, 3.05) is 6.26 Å². The second-order valence-corrected chi connectivity index (χ2v) is 9.83. The molecule has 0 saturated heterocycles. The Morgan fingerprint density at radius 2 is 1.87 bits per heavy atom. The molecule has 1 aromatic heterocycles. The zero-order valence-electron chi connectivity index (χ0n) is 17.2. The second kappa shape index (κ2) is 8.34. The van der Waals surface area contributed by atoms with Gasteiger partial charge >= 0.3 is 0 Å². The van der Waals surface area contributed by atoms with Crippen LogP contribution in [0.15, 0.2) is 60.7 Å². The summed E-state index contributed by atoms with van der Waals surface area (Å²) in [5, 5.41) is 14.6. The topological polar surface area (TPSA) is 84.2 Å². The Kier molecular flexibility index (Phi) is 5.77. The molecule has 2 aromatic carbocycles. The summed E-state index contributed by atoms with van der Waals surface area (Å²) in [7, 11) is -3.35. The predicted molar refractivity (Wildman–Crippen MR) is 118 cm³/mol. The number of sulfonamides is 1. The number of aromatic nitrogens is 2. The summed E-state index contributed by atoms with van der Waals surface area (Å²) >= 11 is 0. The summed E-state index contributed by atoms with van der Waals surface area (Å²) in [6.45, 7) is 1.69. The summed E-state index contributed by atoms with van der Waals surface area (Å²) < 4.78 is 28.7. The first-order chi connectivity index (χ1) is 14.3. The first kappa shape index (κ1) is 20.8. The molecule has 4 rings (SSSR count). The van der Waals surface area contributed by atoms with Gasteiger partial charge < -0.3 is 5.11 Å². The zero-order chi connectivity index (χ0) is 21.3. The fourth-order valence-corrected chi connectivity index (χ4v) is 5.01. The van der Waals surface area contributed by atoms with Crippen LogP contribution >= 0.6 is 0 Å². The van der Waals surface area contributed by atoms with Gasteiger partial charge in [-0.3, -0.25) is 4.68 Å². The maximum absolute atomic E-state index is 12.0. The number of aryl methyl sites for hydroxylation is 1. The van der Waals surface area contributed by atoms with Gasteiger partial charge in [0.2, 0.25) is 10.0 Å². The zero-order valence-corrected chi connectivity index (χ0v) is 18.0. The highest BCUT2D eigenvalue weighted by Gasteiger charge is 2.33. The number of nitrogens with zero attached hydrogens (tertiary/aromatic N) is 2. The first-order valence-corrected chi connectivity index (χ1v) is 12.1. The van der Waals surface area contributed by atoms with Crippen LogP contribution in [-0.4, -0.2) is 35.6 Å². The molecular weight excluding hydrogens is 398 g/mol. The third-order valence-corrected chi connectivity index (χ3v) is 6.33. The average molecular weight is 426 g/mol. The van der Waals surface area contributed by atoms with Crippen LogP contribution in [0.1, 0.15) is 42.4 Å². The Balaban J connectivity index is 1.69. The Bertz CT molecular complexity index is 1120. The highest BCUT2D eigenvalue weighted by molar-refractivity contribution is 7.88. The molecule has 2 N–H and O–H groups in total. The van der Waals surface area contributed by atoms with E-state index >= 15 is 0 Å². The van der Waals surface area contributed by atoms with E-state index in [9.17, 15) is 13.5 Å². The maximum atomic E-state index is 12.0. The Morgan fingerprint density at radius 1 is 1.13 bits per heavy atom. The number of hydrogen-bond donors (Lipinski definition) is 2. The van der Waals surface area contributed by atoms with E-state index in [2.05, 4.69) is 40.2 Å². The van der Waals surface area contributed by atoms with Crippen molar-refractivity contribution in [2.45, 2.75) is 44.4 Å². The molecule has 2 heterocycles.